The first-order chi connectivity index (χ1) is 16.4. The lowest BCUT2D eigenvalue weighted by atomic mass is 10.1. The second kappa shape index (κ2) is 12.0. The van der Waals surface area contributed by atoms with Crippen LogP contribution in [0.5, 0.6) is 5.75 Å². The normalized spacial score (nSPS) is 16.0. The number of benzene rings is 2. The minimum absolute atomic E-state index is 0.0962. The predicted octanol–water partition coefficient (Wildman–Crippen LogP) is 1.90. The molecule has 1 saturated heterocycles. The maximum absolute atomic E-state index is 12.6. The zero-order chi connectivity index (χ0) is 24.5. The van der Waals surface area contributed by atoms with Gasteiger partial charge in [0.1, 0.15) is 18.9 Å². The van der Waals surface area contributed by atoms with E-state index in [4.69, 9.17) is 9.47 Å². The van der Waals surface area contributed by atoms with Crippen LogP contribution in [0.25, 0.3) is 0 Å². The van der Waals surface area contributed by atoms with E-state index < -0.39 is 24.1 Å². The summed E-state index contributed by atoms with van der Waals surface area (Å²) in [7, 11) is 1.58. The van der Waals surface area contributed by atoms with E-state index in [1.165, 1.54) is 4.90 Å². The molecule has 1 aliphatic rings. The molecule has 3 N–H and O–H groups in total. The second-order valence-electron chi connectivity index (χ2n) is 8.18. The number of alkyl carbamates (subject to hydrolysis) is 1. The first-order valence-electron chi connectivity index (χ1n) is 11.2. The van der Waals surface area contributed by atoms with Crippen LogP contribution in [-0.2, 0) is 27.5 Å². The summed E-state index contributed by atoms with van der Waals surface area (Å²) in [5, 5.41) is 15.8. The van der Waals surface area contributed by atoms with Gasteiger partial charge in [0.05, 0.1) is 13.2 Å². The van der Waals surface area contributed by atoms with E-state index in [0.717, 1.165) is 22.4 Å². The fourth-order valence-electron chi connectivity index (χ4n) is 3.90. The van der Waals surface area contributed by atoms with E-state index in [1.807, 2.05) is 55.5 Å². The summed E-state index contributed by atoms with van der Waals surface area (Å²) in [6.07, 6.45) is -0.922. The number of carbonyl (C=O) groups is 3. The molecule has 0 aromatic heterocycles. The quantitative estimate of drug-likeness (QED) is 0.516. The van der Waals surface area contributed by atoms with Gasteiger partial charge in [-0.2, -0.15) is 0 Å². The van der Waals surface area contributed by atoms with Crippen LogP contribution >= 0.6 is 0 Å². The van der Waals surface area contributed by atoms with Crippen LogP contribution in [0.4, 0.5) is 4.79 Å². The molecule has 2 aromatic rings. The maximum Gasteiger partial charge on any atom is 0.407 e. The van der Waals surface area contributed by atoms with Crippen molar-refractivity contribution in [3.05, 3.63) is 65.2 Å². The number of aryl methyl sites for hydroxylation is 1. The van der Waals surface area contributed by atoms with Gasteiger partial charge in [0.25, 0.3) is 5.91 Å². The molecule has 0 saturated carbocycles. The molecule has 1 aliphatic heterocycles. The Balaban J connectivity index is 1.46. The number of nitrogens with one attached hydrogen (secondary N) is 2. The highest BCUT2D eigenvalue weighted by atomic mass is 16.5. The van der Waals surface area contributed by atoms with Crippen LogP contribution in [-0.4, -0.2) is 60.3 Å². The first-order valence-corrected chi connectivity index (χ1v) is 11.2. The Kier molecular flexibility index (Phi) is 8.86. The molecule has 3 amide bonds. The maximum atomic E-state index is 12.6. The van der Waals surface area contributed by atoms with E-state index in [9.17, 15) is 19.5 Å². The summed E-state index contributed by atoms with van der Waals surface area (Å²) < 4.78 is 10.4. The molecular formula is C25H31N3O6. The van der Waals surface area contributed by atoms with Crippen LogP contribution < -0.4 is 15.4 Å². The highest BCUT2D eigenvalue weighted by Gasteiger charge is 2.37. The summed E-state index contributed by atoms with van der Waals surface area (Å²) in [6, 6.07) is 14.1. The molecule has 1 unspecified atom stereocenters. The predicted molar refractivity (Wildman–Crippen MR) is 125 cm³/mol. The molecule has 0 radical (unpaired) electrons. The average Bonchev–Trinajstić information content (AvgIpc) is 3.35. The highest BCUT2D eigenvalue weighted by Crippen LogP contribution is 2.21. The Morgan fingerprint density at radius 3 is 2.62 bits per heavy atom. The number of methoxy groups -OCH3 is 1. The van der Waals surface area contributed by atoms with Gasteiger partial charge < -0.3 is 30.1 Å². The minimum atomic E-state index is -1.37. The van der Waals surface area contributed by atoms with Crippen molar-refractivity contribution in [1.29, 1.82) is 0 Å². The van der Waals surface area contributed by atoms with Crippen molar-refractivity contribution in [2.75, 3.05) is 20.2 Å². The van der Waals surface area contributed by atoms with Crippen molar-refractivity contribution in [2.24, 2.45) is 0 Å². The van der Waals surface area contributed by atoms with Gasteiger partial charge in [-0.3, -0.25) is 9.59 Å². The molecule has 2 atom stereocenters. The molecule has 3 rings (SSSR count). The number of ether oxygens (including phenoxy) is 2. The zero-order valence-electron chi connectivity index (χ0n) is 19.5. The lowest BCUT2D eigenvalue weighted by Crippen LogP contribution is -2.51. The first kappa shape index (κ1) is 25.0. The van der Waals surface area contributed by atoms with Crippen molar-refractivity contribution < 1.29 is 29.0 Å². The molecule has 0 aliphatic carbocycles. The number of aliphatic hydroxyl groups is 1. The van der Waals surface area contributed by atoms with Crippen LogP contribution in [0.1, 0.15) is 29.5 Å². The standard InChI is InChI=1S/C25H31N3O6/c1-17-10-11-19(13-21(17)33-2)14-26-24(31)23(30)20-9-6-12-28(20)22(29)15-27-25(32)34-16-18-7-4-3-5-8-18/h3-5,7-8,10-11,13,20,23,30H,6,9,12,14-16H2,1-2H3,(H,26,31)(H,27,32)/t20-,23?/m0/s1. The third kappa shape index (κ3) is 6.71. The Hall–Kier alpha value is -3.59. The molecular weight excluding hydrogens is 438 g/mol. The second-order valence-corrected chi connectivity index (χ2v) is 8.18. The lowest BCUT2D eigenvalue weighted by Gasteiger charge is -2.28. The van der Waals surface area contributed by atoms with Crippen molar-refractivity contribution in [3.63, 3.8) is 0 Å². The van der Waals surface area contributed by atoms with E-state index in [-0.39, 0.29) is 25.6 Å². The molecule has 182 valence electrons. The van der Waals surface area contributed by atoms with E-state index in [1.54, 1.807) is 7.11 Å². The van der Waals surface area contributed by atoms with Gasteiger partial charge in [-0.1, -0.05) is 42.5 Å². The fraction of sp³-hybridized carbons (Fsp3) is 0.400. The van der Waals surface area contributed by atoms with Gasteiger partial charge in [0.15, 0.2) is 6.10 Å². The number of amides is 3. The molecule has 9 nitrogen and oxygen atoms in total. The summed E-state index contributed by atoms with van der Waals surface area (Å²) in [6.45, 7) is 2.38. The Labute approximate surface area is 199 Å². The monoisotopic (exact) mass is 469 g/mol. The third-order valence-electron chi connectivity index (χ3n) is 5.79. The number of hydrogen-bond donors (Lipinski definition) is 3. The molecule has 34 heavy (non-hydrogen) atoms. The van der Waals surface area contributed by atoms with Crippen molar-refractivity contribution in [3.8, 4) is 5.75 Å². The topological polar surface area (TPSA) is 117 Å². The van der Waals surface area contributed by atoms with Gasteiger partial charge >= 0.3 is 6.09 Å². The summed E-state index contributed by atoms with van der Waals surface area (Å²) in [5.41, 5.74) is 2.65. The molecule has 2 aromatic carbocycles. The number of aliphatic hydroxyl groups excluding tert-OH is 1. The SMILES string of the molecule is COc1cc(CNC(=O)C(O)[C@@H]2CCCN2C(=O)CNC(=O)OCc2ccccc2)ccc1C. The number of rotatable bonds is 9. The Morgan fingerprint density at radius 2 is 1.88 bits per heavy atom. The third-order valence-corrected chi connectivity index (χ3v) is 5.79. The molecule has 0 bridgehead atoms. The summed E-state index contributed by atoms with van der Waals surface area (Å²) in [5.74, 6) is -0.219. The summed E-state index contributed by atoms with van der Waals surface area (Å²) >= 11 is 0. The van der Waals surface area contributed by atoms with Crippen molar-refractivity contribution >= 4 is 17.9 Å². The molecule has 1 fully saturated rings. The van der Waals surface area contributed by atoms with Crippen molar-refractivity contribution in [1.82, 2.24) is 15.5 Å². The lowest BCUT2D eigenvalue weighted by molar-refractivity contribution is -0.138. The highest BCUT2D eigenvalue weighted by molar-refractivity contribution is 5.85. The number of likely N-dealkylation sites (tertiary alicyclic amines) is 1. The smallest absolute Gasteiger partial charge is 0.407 e. The van der Waals surface area contributed by atoms with Gasteiger partial charge in [-0.15, -0.1) is 0 Å². The van der Waals surface area contributed by atoms with E-state index >= 15 is 0 Å². The van der Waals surface area contributed by atoms with Gasteiger partial charge in [0, 0.05) is 13.1 Å². The zero-order valence-corrected chi connectivity index (χ0v) is 19.5. The van der Waals surface area contributed by atoms with Crippen molar-refractivity contribution in [2.45, 2.75) is 45.1 Å². The Bertz CT molecular complexity index is 997. The largest absolute Gasteiger partial charge is 0.496 e. The number of carbonyl (C=O) groups excluding carboxylic acids is 3. The van der Waals surface area contributed by atoms with Crippen LogP contribution in [0.15, 0.2) is 48.5 Å². The summed E-state index contributed by atoms with van der Waals surface area (Å²) in [4.78, 5) is 38.6. The van der Waals surface area contributed by atoms with Crippen LogP contribution in [0, 0.1) is 6.92 Å². The molecule has 0 spiro atoms. The van der Waals surface area contributed by atoms with E-state index in [0.29, 0.717) is 19.4 Å². The molecule has 1 heterocycles. The minimum Gasteiger partial charge on any atom is -0.496 e. The molecule has 9 heteroatoms. The van der Waals surface area contributed by atoms with Crippen LogP contribution in [0.2, 0.25) is 0 Å². The Morgan fingerprint density at radius 1 is 1.12 bits per heavy atom. The number of nitrogens with zero attached hydrogens (tertiary/aromatic N) is 1. The van der Waals surface area contributed by atoms with Crippen LogP contribution in [0.3, 0.4) is 0 Å². The van der Waals surface area contributed by atoms with Gasteiger partial charge in [-0.25, -0.2) is 4.79 Å². The average molecular weight is 470 g/mol. The van der Waals surface area contributed by atoms with E-state index in [2.05, 4.69) is 10.6 Å². The van der Waals surface area contributed by atoms with Gasteiger partial charge in [-0.05, 0) is 42.5 Å². The van der Waals surface area contributed by atoms with Gasteiger partial charge in [0.2, 0.25) is 5.91 Å². The fourth-order valence-corrected chi connectivity index (χ4v) is 3.90. The number of hydrogen-bond acceptors (Lipinski definition) is 6.